The van der Waals surface area contributed by atoms with E-state index in [1.807, 2.05) is 13.8 Å². The minimum Gasteiger partial charge on any atom is -0.391 e. The Morgan fingerprint density at radius 1 is 1.31 bits per heavy atom. The summed E-state index contributed by atoms with van der Waals surface area (Å²) in [7, 11) is -0.546. The second kappa shape index (κ2) is 6.60. The summed E-state index contributed by atoms with van der Waals surface area (Å²) in [5, 5.41) is 14.5. The number of aliphatic hydroxyl groups is 1. The molecule has 10 heteroatoms. The second-order valence-electron chi connectivity index (χ2n) is 6.94. The van der Waals surface area contributed by atoms with E-state index in [4.69, 9.17) is 0 Å². The summed E-state index contributed by atoms with van der Waals surface area (Å²) in [6, 6.07) is 3.44. The molecular formula is C16H23N5O4S. The van der Waals surface area contributed by atoms with Gasteiger partial charge in [-0.15, -0.1) is 0 Å². The van der Waals surface area contributed by atoms with Crippen LogP contribution in [0, 0.1) is 19.8 Å². The monoisotopic (exact) mass is 381 g/mol. The first kappa shape index (κ1) is 18.7. The molecule has 2 aromatic rings. The van der Waals surface area contributed by atoms with Crippen molar-refractivity contribution >= 4 is 21.6 Å². The number of sulfonamides is 1. The third-order valence-electron chi connectivity index (χ3n) is 4.62. The van der Waals surface area contributed by atoms with Crippen molar-refractivity contribution in [3.63, 3.8) is 0 Å². The molecule has 1 fully saturated rings. The Balaban J connectivity index is 1.81. The molecule has 3 heterocycles. The summed E-state index contributed by atoms with van der Waals surface area (Å²) in [6.07, 6.45) is -0.879. The van der Waals surface area contributed by atoms with Gasteiger partial charge in [0, 0.05) is 44.9 Å². The molecule has 0 radical (unpaired) electrons. The molecule has 9 nitrogen and oxygen atoms in total. The Hall–Kier alpha value is -2.04. The molecule has 1 amide bonds. The van der Waals surface area contributed by atoms with Crippen LogP contribution in [-0.4, -0.2) is 82.3 Å². The van der Waals surface area contributed by atoms with Crippen molar-refractivity contribution in [1.82, 2.24) is 23.8 Å². The highest BCUT2D eigenvalue weighted by atomic mass is 32.2. The van der Waals surface area contributed by atoms with Crippen LogP contribution < -0.4 is 0 Å². The van der Waals surface area contributed by atoms with Crippen LogP contribution in [0.25, 0.3) is 5.65 Å². The molecule has 0 bridgehead atoms. The molecule has 0 aliphatic carbocycles. The van der Waals surface area contributed by atoms with Crippen LogP contribution in [0.3, 0.4) is 0 Å². The third-order valence-corrected chi connectivity index (χ3v) is 6.58. The Morgan fingerprint density at radius 2 is 2.00 bits per heavy atom. The highest BCUT2D eigenvalue weighted by Gasteiger charge is 2.38. The third kappa shape index (κ3) is 3.44. The molecule has 1 aliphatic rings. The summed E-state index contributed by atoms with van der Waals surface area (Å²) in [6.45, 7) is 3.96. The lowest BCUT2D eigenvalue weighted by Crippen LogP contribution is -2.33. The van der Waals surface area contributed by atoms with Crippen molar-refractivity contribution in [2.75, 3.05) is 32.9 Å². The number of carbonyl (C=O) groups is 1. The Morgan fingerprint density at radius 3 is 2.65 bits per heavy atom. The van der Waals surface area contributed by atoms with E-state index < -0.39 is 22.0 Å². The second-order valence-corrected chi connectivity index (χ2v) is 9.16. The van der Waals surface area contributed by atoms with Gasteiger partial charge in [0.1, 0.15) is 5.69 Å². The van der Waals surface area contributed by atoms with E-state index in [0.29, 0.717) is 5.65 Å². The zero-order valence-electron chi connectivity index (χ0n) is 15.2. The molecule has 0 saturated carbocycles. The van der Waals surface area contributed by atoms with Crippen LogP contribution in [0.5, 0.6) is 0 Å². The van der Waals surface area contributed by atoms with Crippen LogP contribution in [0.1, 0.15) is 21.9 Å². The lowest BCUT2D eigenvalue weighted by atomic mass is 10.1. The molecule has 0 unspecified atom stereocenters. The van der Waals surface area contributed by atoms with Gasteiger partial charge in [-0.3, -0.25) is 4.79 Å². The Kier molecular flexibility index (Phi) is 4.76. The highest BCUT2D eigenvalue weighted by molar-refractivity contribution is 7.89. The zero-order valence-corrected chi connectivity index (χ0v) is 16.1. The minimum atomic E-state index is -3.45. The lowest BCUT2D eigenvalue weighted by Gasteiger charge is -2.18. The van der Waals surface area contributed by atoms with Gasteiger partial charge in [-0.1, -0.05) is 0 Å². The highest BCUT2D eigenvalue weighted by Crippen LogP contribution is 2.22. The molecular weight excluding hydrogens is 358 g/mol. The zero-order chi connectivity index (χ0) is 19.2. The van der Waals surface area contributed by atoms with Crippen LogP contribution >= 0.6 is 0 Å². The fourth-order valence-electron chi connectivity index (χ4n) is 3.11. The smallest absolute Gasteiger partial charge is 0.272 e. The predicted octanol–water partition coefficient (Wildman–Crippen LogP) is -0.330. The van der Waals surface area contributed by atoms with Crippen molar-refractivity contribution in [3.05, 3.63) is 29.2 Å². The maximum absolute atomic E-state index is 12.8. The molecule has 1 N–H and O–H groups in total. The van der Waals surface area contributed by atoms with Gasteiger partial charge in [0.15, 0.2) is 5.65 Å². The molecule has 0 spiro atoms. The largest absolute Gasteiger partial charge is 0.391 e. The fourth-order valence-corrected chi connectivity index (χ4v) is 4.28. The molecule has 1 saturated heterocycles. The lowest BCUT2D eigenvalue weighted by molar-refractivity contribution is 0.0759. The Labute approximate surface area is 152 Å². The predicted molar refractivity (Wildman–Crippen MR) is 95.3 cm³/mol. The van der Waals surface area contributed by atoms with Gasteiger partial charge in [0.25, 0.3) is 5.91 Å². The summed E-state index contributed by atoms with van der Waals surface area (Å²) >= 11 is 0. The molecule has 2 atom stereocenters. The van der Waals surface area contributed by atoms with Crippen LogP contribution in [0.2, 0.25) is 0 Å². The van der Waals surface area contributed by atoms with Gasteiger partial charge < -0.3 is 10.0 Å². The molecule has 26 heavy (non-hydrogen) atoms. The average molecular weight is 381 g/mol. The summed E-state index contributed by atoms with van der Waals surface area (Å²) in [5.74, 6) is -1.04. The number of fused-ring (bicyclic) bond motifs is 1. The van der Waals surface area contributed by atoms with E-state index >= 15 is 0 Å². The number of aliphatic hydroxyl groups excluding tert-OH is 1. The van der Waals surface area contributed by atoms with Crippen LogP contribution in [0.4, 0.5) is 0 Å². The van der Waals surface area contributed by atoms with E-state index in [2.05, 4.69) is 10.1 Å². The number of aromatic nitrogens is 3. The van der Waals surface area contributed by atoms with E-state index in [9.17, 15) is 18.3 Å². The maximum atomic E-state index is 12.8. The SMILES string of the molecule is Cc1cc2nc(C(=O)N3C[C@@H](CS(=O)(=O)N(C)C)[C@@H](O)C3)cc(C)n2n1. The number of likely N-dealkylation sites (tertiary alicyclic amines) is 1. The van der Waals surface area contributed by atoms with Gasteiger partial charge in [-0.05, 0) is 19.9 Å². The van der Waals surface area contributed by atoms with E-state index in [-0.39, 0.29) is 30.4 Å². The number of hydrogen-bond donors (Lipinski definition) is 1. The molecule has 2 aromatic heterocycles. The Bertz CT molecular complexity index is 953. The van der Waals surface area contributed by atoms with Gasteiger partial charge in [0.2, 0.25) is 10.0 Å². The quantitative estimate of drug-likeness (QED) is 0.777. The first-order valence-electron chi connectivity index (χ1n) is 8.30. The summed E-state index contributed by atoms with van der Waals surface area (Å²) in [4.78, 5) is 18.6. The van der Waals surface area contributed by atoms with Gasteiger partial charge in [0.05, 0.1) is 17.6 Å². The number of nitrogens with zero attached hydrogens (tertiary/aromatic N) is 5. The minimum absolute atomic E-state index is 0.0939. The van der Waals surface area contributed by atoms with Crippen LogP contribution in [-0.2, 0) is 10.0 Å². The number of amides is 1. The topological polar surface area (TPSA) is 108 Å². The van der Waals surface area contributed by atoms with Gasteiger partial charge >= 0.3 is 0 Å². The van der Waals surface area contributed by atoms with E-state index in [1.54, 1.807) is 16.6 Å². The standard InChI is InChI=1S/C16H23N5O4S/c1-10-5-15-17-13(6-11(2)21(15)18-10)16(23)20-7-12(14(22)8-20)9-26(24,25)19(3)4/h5-6,12,14,22H,7-9H2,1-4H3/t12-,14-/m0/s1. The molecule has 142 valence electrons. The number of rotatable bonds is 4. The number of aryl methyl sites for hydroxylation is 2. The number of carbonyl (C=O) groups excluding carboxylic acids is 1. The van der Waals surface area contributed by atoms with Crippen molar-refractivity contribution < 1.29 is 18.3 Å². The van der Waals surface area contributed by atoms with Gasteiger partial charge in [-0.25, -0.2) is 22.2 Å². The van der Waals surface area contributed by atoms with Crippen LogP contribution in [0.15, 0.2) is 12.1 Å². The molecule has 1 aliphatic heterocycles. The van der Waals surface area contributed by atoms with Crippen molar-refractivity contribution in [1.29, 1.82) is 0 Å². The van der Waals surface area contributed by atoms with Crippen molar-refractivity contribution in [2.45, 2.75) is 20.0 Å². The van der Waals surface area contributed by atoms with Crippen molar-refractivity contribution in [2.24, 2.45) is 5.92 Å². The molecule has 3 rings (SSSR count). The molecule has 0 aromatic carbocycles. The number of β-amino-alcohol motifs (C(OH)–C–C–N with tert-alkyl or cyclic N) is 1. The maximum Gasteiger partial charge on any atom is 0.272 e. The van der Waals surface area contributed by atoms with E-state index in [0.717, 1.165) is 15.7 Å². The first-order chi connectivity index (χ1) is 12.1. The van der Waals surface area contributed by atoms with E-state index in [1.165, 1.54) is 19.0 Å². The van der Waals surface area contributed by atoms with Gasteiger partial charge in [-0.2, -0.15) is 5.10 Å². The average Bonchev–Trinajstić information content (AvgIpc) is 3.09. The first-order valence-corrected chi connectivity index (χ1v) is 9.91. The summed E-state index contributed by atoms with van der Waals surface area (Å²) < 4.78 is 26.9. The number of hydrogen-bond acceptors (Lipinski definition) is 6. The normalized spacial score (nSPS) is 21.1. The fraction of sp³-hybridized carbons (Fsp3) is 0.562. The summed E-state index contributed by atoms with van der Waals surface area (Å²) in [5.41, 5.74) is 2.42. The van der Waals surface area contributed by atoms with Crippen molar-refractivity contribution in [3.8, 4) is 0 Å².